The minimum Gasteiger partial charge on any atom is -0.351 e. The largest absolute Gasteiger partial charge is 0.351 e. The van der Waals surface area contributed by atoms with Crippen molar-refractivity contribution in [2.24, 2.45) is 0 Å². The van der Waals surface area contributed by atoms with Crippen LogP contribution in [-0.2, 0) is 10.0 Å². The molecular formula is C28H29ClF2N6O2S. The molecule has 0 spiro atoms. The van der Waals surface area contributed by atoms with Crippen LogP contribution in [0.15, 0.2) is 53.6 Å². The number of sulfonamides is 1. The zero-order valence-corrected chi connectivity index (χ0v) is 23.8. The van der Waals surface area contributed by atoms with Gasteiger partial charge in [-0.25, -0.2) is 32.2 Å². The third kappa shape index (κ3) is 5.86. The highest BCUT2D eigenvalue weighted by atomic mass is 35.5. The summed E-state index contributed by atoms with van der Waals surface area (Å²) in [6.07, 6.45) is 5.64. The number of halogens is 3. The monoisotopic (exact) mass is 586 g/mol. The lowest BCUT2D eigenvalue weighted by molar-refractivity contribution is 0.221. The summed E-state index contributed by atoms with van der Waals surface area (Å²) < 4.78 is 58.0. The van der Waals surface area contributed by atoms with E-state index in [4.69, 9.17) is 11.6 Å². The number of aryl methyl sites for hydroxylation is 1. The van der Waals surface area contributed by atoms with Gasteiger partial charge in [-0.3, -0.25) is 4.72 Å². The average molecular weight is 587 g/mol. The lowest BCUT2D eigenvalue weighted by atomic mass is 9.90. The molecule has 12 heteroatoms. The predicted octanol–water partition coefficient (Wildman–Crippen LogP) is 6.02. The van der Waals surface area contributed by atoms with Crippen LogP contribution in [0.1, 0.15) is 31.4 Å². The van der Waals surface area contributed by atoms with Crippen LogP contribution >= 0.6 is 11.6 Å². The first-order valence-electron chi connectivity index (χ1n) is 12.9. The molecule has 210 valence electrons. The Labute approximate surface area is 236 Å². The molecule has 0 radical (unpaired) electrons. The van der Waals surface area contributed by atoms with Crippen molar-refractivity contribution < 1.29 is 17.2 Å². The minimum absolute atomic E-state index is 0.00678. The van der Waals surface area contributed by atoms with Crippen LogP contribution in [0.25, 0.3) is 22.0 Å². The number of fused-ring (bicyclic) bond motifs is 1. The molecule has 1 saturated carbocycles. The lowest BCUT2D eigenvalue weighted by Gasteiger charge is -2.32. The normalized spacial score (nSPS) is 17.8. The maximum absolute atomic E-state index is 15.2. The van der Waals surface area contributed by atoms with Crippen molar-refractivity contribution in [2.45, 2.75) is 49.6 Å². The Hall–Kier alpha value is -3.41. The Morgan fingerprint density at radius 1 is 1.00 bits per heavy atom. The smallest absolute Gasteiger partial charge is 0.264 e. The van der Waals surface area contributed by atoms with E-state index in [0.29, 0.717) is 34.2 Å². The van der Waals surface area contributed by atoms with Crippen LogP contribution in [-0.4, -0.2) is 54.4 Å². The highest BCUT2D eigenvalue weighted by Crippen LogP contribution is 2.32. The second-order valence-corrected chi connectivity index (χ2v) is 12.2. The molecule has 40 heavy (non-hydrogen) atoms. The molecule has 5 rings (SSSR count). The average Bonchev–Trinajstić information content (AvgIpc) is 2.91. The maximum atomic E-state index is 15.2. The third-order valence-corrected chi connectivity index (χ3v) is 9.07. The SMILES string of the molecule is Cc1nc(NS(=O)(=O)c2ccccc2Cl)c(F)cc1-c1cc(F)c2nc(NC3CCC(N(C)C)CC3)ncc2c1. The van der Waals surface area contributed by atoms with Gasteiger partial charge in [0.25, 0.3) is 10.0 Å². The molecule has 4 aromatic rings. The molecule has 0 unspecified atom stereocenters. The molecule has 1 fully saturated rings. The number of hydrogen-bond acceptors (Lipinski definition) is 7. The van der Waals surface area contributed by atoms with E-state index in [1.165, 1.54) is 30.5 Å². The lowest BCUT2D eigenvalue weighted by Crippen LogP contribution is -2.36. The maximum Gasteiger partial charge on any atom is 0.264 e. The van der Waals surface area contributed by atoms with Crippen molar-refractivity contribution in [1.29, 1.82) is 0 Å². The van der Waals surface area contributed by atoms with Gasteiger partial charge in [0.1, 0.15) is 16.2 Å². The van der Waals surface area contributed by atoms with Gasteiger partial charge in [0.15, 0.2) is 11.6 Å². The summed E-state index contributed by atoms with van der Waals surface area (Å²) in [5.74, 6) is -1.62. The number of aromatic nitrogens is 3. The first-order chi connectivity index (χ1) is 19.0. The molecule has 2 aromatic heterocycles. The molecule has 0 bridgehead atoms. The molecule has 2 heterocycles. The van der Waals surface area contributed by atoms with Crippen LogP contribution in [0, 0.1) is 18.6 Å². The number of benzene rings is 2. The van der Waals surface area contributed by atoms with Crippen LogP contribution in [0.4, 0.5) is 20.5 Å². The van der Waals surface area contributed by atoms with Gasteiger partial charge >= 0.3 is 0 Å². The van der Waals surface area contributed by atoms with Crippen LogP contribution in [0.3, 0.4) is 0 Å². The van der Waals surface area contributed by atoms with E-state index in [9.17, 15) is 8.42 Å². The van der Waals surface area contributed by atoms with Crippen LogP contribution in [0.2, 0.25) is 5.02 Å². The zero-order valence-electron chi connectivity index (χ0n) is 22.2. The Morgan fingerprint density at radius 3 is 2.42 bits per heavy atom. The summed E-state index contributed by atoms with van der Waals surface area (Å²) in [6, 6.07) is 10.6. The molecule has 0 atom stereocenters. The summed E-state index contributed by atoms with van der Waals surface area (Å²) in [4.78, 5) is 14.9. The molecule has 2 N–H and O–H groups in total. The van der Waals surface area contributed by atoms with Gasteiger partial charge in [-0.05, 0) is 82.6 Å². The van der Waals surface area contributed by atoms with Crippen molar-refractivity contribution in [2.75, 3.05) is 24.1 Å². The fourth-order valence-corrected chi connectivity index (χ4v) is 6.57. The minimum atomic E-state index is -4.19. The first-order valence-corrected chi connectivity index (χ1v) is 14.7. The summed E-state index contributed by atoms with van der Waals surface area (Å²) in [5, 5.41) is 3.77. The van der Waals surface area contributed by atoms with Crippen molar-refractivity contribution in [3.8, 4) is 11.1 Å². The Bertz CT molecular complexity index is 1680. The Morgan fingerprint density at radius 2 is 1.73 bits per heavy atom. The quantitative estimate of drug-likeness (QED) is 0.273. The topological polar surface area (TPSA) is 100 Å². The second kappa shape index (κ2) is 11.2. The van der Waals surface area contributed by atoms with E-state index in [1.54, 1.807) is 19.1 Å². The van der Waals surface area contributed by atoms with Crippen LogP contribution < -0.4 is 10.0 Å². The standard InChI is InChI=1S/C28H29ClF2N6O2S/c1-16-21(14-24(31)27(33-16)36-40(38,39)25-7-5-4-6-22(25)29)17-12-18-15-32-28(35-26(18)23(30)13-17)34-19-8-10-20(11-9-19)37(2)3/h4-7,12-15,19-20H,8-11H2,1-3H3,(H,33,36)(H,32,34,35). The van der Waals surface area contributed by atoms with Crippen molar-refractivity contribution in [3.63, 3.8) is 0 Å². The van der Waals surface area contributed by atoms with E-state index in [0.717, 1.165) is 31.7 Å². The number of hydrogen-bond donors (Lipinski definition) is 2. The second-order valence-electron chi connectivity index (χ2n) is 10.2. The number of nitrogens with one attached hydrogen (secondary N) is 2. The van der Waals surface area contributed by atoms with Gasteiger partial charge in [-0.2, -0.15) is 0 Å². The Balaban J connectivity index is 1.38. The highest BCUT2D eigenvalue weighted by Gasteiger charge is 2.24. The van der Waals surface area contributed by atoms with Gasteiger partial charge < -0.3 is 10.2 Å². The van der Waals surface area contributed by atoms with Crippen molar-refractivity contribution in [3.05, 3.63) is 71.0 Å². The predicted molar refractivity (Wildman–Crippen MR) is 153 cm³/mol. The van der Waals surface area contributed by atoms with Gasteiger partial charge in [0, 0.05) is 34.9 Å². The number of rotatable bonds is 7. The zero-order chi connectivity index (χ0) is 28.6. The molecular weight excluding hydrogens is 558 g/mol. The molecule has 0 saturated heterocycles. The van der Waals surface area contributed by atoms with E-state index in [1.807, 2.05) is 0 Å². The fourth-order valence-electron chi connectivity index (χ4n) is 5.04. The van der Waals surface area contributed by atoms with E-state index < -0.39 is 27.5 Å². The molecule has 0 amide bonds. The molecule has 8 nitrogen and oxygen atoms in total. The summed E-state index contributed by atoms with van der Waals surface area (Å²) in [5.41, 5.74) is 1.11. The molecule has 1 aliphatic carbocycles. The van der Waals surface area contributed by atoms with E-state index in [2.05, 4.69) is 44.0 Å². The van der Waals surface area contributed by atoms with Crippen molar-refractivity contribution >= 4 is 44.3 Å². The highest BCUT2D eigenvalue weighted by molar-refractivity contribution is 7.92. The van der Waals surface area contributed by atoms with Gasteiger partial charge in [-0.1, -0.05) is 23.7 Å². The number of pyridine rings is 1. The number of anilines is 2. The number of nitrogens with zero attached hydrogens (tertiary/aromatic N) is 4. The summed E-state index contributed by atoms with van der Waals surface area (Å²) in [6.45, 7) is 1.58. The third-order valence-electron chi connectivity index (χ3n) is 7.23. The summed E-state index contributed by atoms with van der Waals surface area (Å²) >= 11 is 6.00. The molecule has 2 aromatic carbocycles. The first kappa shape index (κ1) is 28.1. The van der Waals surface area contributed by atoms with Gasteiger partial charge in [0.05, 0.1) is 5.02 Å². The fraction of sp³-hybridized carbons (Fsp3) is 0.321. The molecule has 0 aliphatic heterocycles. The van der Waals surface area contributed by atoms with Crippen molar-refractivity contribution in [1.82, 2.24) is 19.9 Å². The molecule has 1 aliphatic rings. The summed E-state index contributed by atoms with van der Waals surface area (Å²) in [7, 11) is -0.00854. The van der Waals surface area contributed by atoms with E-state index >= 15 is 8.78 Å². The van der Waals surface area contributed by atoms with Crippen LogP contribution in [0.5, 0.6) is 0 Å². The van der Waals surface area contributed by atoms with Gasteiger partial charge in [-0.15, -0.1) is 0 Å². The van der Waals surface area contributed by atoms with Gasteiger partial charge in [0.2, 0.25) is 5.95 Å². The Kier molecular flexibility index (Phi) is 7.89. The van der Waals surface area contributed by atoms with E-state index in [-0.39, 0.29) is 21.5 Å².